The third kappa shape index (κ3) is 2.55. The summed E-state index contributed by atoms with van der Waals surface area (Å²) in [6.45, 7) is 6.48. The maximum absolute atomic E-state index is 13.9. The van der Waals surface area contributed by atoms with Crippen LogP contribution in [0.2, 0.25) is 0 Å². The summed E-state index contributed by atoms with van der Waals surface area (Å²) in [7, 11) is 0. The minimum absolute atomic E-state index is 0.0607. The first-order chi connectivity index (χ1) is 9.78. The van der Waals surface area contributed by atoms with Gasteiger partial charge < -0.3 is 10.3 Å². The fourth-order valence-electron chi connectivity index (χ4n) is 3.36. The lowest BCUT2D eigenvalue weighted by molar-refractivity contribution is 0.278. The molecule has 0 saturated carbocycles. The Morgan fingerprint density at radius 1 is 1.38 bits per heavy atom. The van der Waals surface area contributed by atoms with Crippen LogP contribution in [-0.2, 0) is 6.42 Å². The van der Waals surface area contributed by atoms with Gasteiger partial charge in [-0.05, 0) is 70.4 Å². The molecule has 0 fully saturated rings. The average Bonchev–Trinajstić information content (AvgIpc) is 2.76. The molecule has 0 aliphatic heterocycles. The lowest BCUT2D eigenvalue weighted by Gasteiger charge is -2.34. The summed E-state index contributed by atoms with van der Waals surface area (Å²) in [6, 6.07) is 5.55. The highest BCUT2D eigenvalue weighted by Gasteiger charge is 2.32. The van der Waals surface area contributed by atoms with Gasteiger partial charge in [0.25, 0.3) is 0 Å². The van der Waals surface area contributed by atoms with Crippen molar-refractivity contribution in [1.29, 1.82) is 0 Å². The van der Waals surface area contributed by atoms with Gasteiger partial charge in [0.2, 0.25) is 0 Å². The van der Waals surface area contributed by atoms with Crippen molar-refractivity contribution >= 4 is 15.9 Å². The van der Waals surface area contributed by atoms with Crippen molar-refractivity contribution in [2.24, 2.45) is 11.1 Å². The summed E-state index contributed by atoms with van der Waals surface area (Å²) < 4.78 is 16.5. The van der Waals surface area contributed by atoms with E-state index in [1.165, 1.54) is 11.3 Å². The van der Waals surface area contributed by atoms with Gasteiger partial charge >= 0.3 is 0 Å². The number of aryl methyl sites for hydroxylation is 1. The van der Waals surface area contributed by atoms with E-state index in [1.54, 1.807) is 6.07 Å². The SMILES string of the molecule is Cc1cc(Br)c(F)cc1-n1ccc2c1CC(C)(C)CC2N. The van der Waals surface area contributed by atoms with Crippen LogP contribution in [0.4, 0.5) is 4.39 Å². The predicted molar refractivity (Wildman–Crippen MR) is 87.2 cm³/mol. The molecule has 2 aromatic rings. The lowest BCUT2D eigenvalue weighted by Crippen LogP contribution is -2.30. The second-order valence-electron chi connectivity index (χ2n) is 6.79. The van der Waals surface area contributed by atoms with E-state index in [2.05, 4.69) is 40.4 Å². The molecule has 4 heteroatoms. The maximum atomic E-state index is 13.9. The third-order valence-electron chi connectivity index (χ3n) is 4.34. The molecule has 0 bridgehead atoms. The quantitative estimate of drug-likeness (QED) is 0.796. The van der Waals surface area contributed by atoms with Gasteiger partial charge in [-0.2, -0.15) is 0 Å². The minimum Gasteiger partial charge on any atom is -0.324 e. The van der Waals surface area contributed by atoms with Crippen LogP contribution in [0.3, 0.4) is 0 Å². The Bertz CT molecular complexity index is 703. The van der Waals surface area contributed by atoms with E-state index in [0.717, 1.165) is 24.1 Å². The Morgan fingerprint density at radius 3 is 2.81 bits per heavy atom. The van der Waals surface area contributed by atoms with E-state index in [1.807, 2.05) is 19.2 Å². The molecular weight excluding hydrogens is 331 g/mol. The number of nitrogens with zero attached hydrogens (tertiary/aromatic N) is 1. The Morgan fingerprint density at radius 2 is 2.10 bits per heavy atom. The molecular formula is C17H20BrFN2. The Balaban J connectivity index is 2.16. The first-order valence-corrected chi connectivity index (χ1v) is 7.99. The average molecular weight is 351 g/mol. The van der Waals surface area contributed by atoms with E-state index < -0.39 is 0 Å². The Labute approximate surface area is 133 Å². The van der Waals surface area contributed by atoms with Crippen LogP contribution in [0.5, 0.6) is 0 Å². The number of fused-ring (bicyclic) bond motifs is 1. The number of nitrogens with two attached hydrogens (primary N) is 1. The van der Waals surface area contributed by atoms with E-state index in [0.29, 0.717) is 4.47 Å². The molecule has 0 saturated heterocycles. The molecule has 1 aromatic carbocycles. The number of rotatable bonds is 1. The van der Waals surface area contributed by atoms with Crippen molar-refractivity contribution < 1.29 is 4.39 Å². The van der Waals surface area contributed by atoms with E-state index in [9.17, 15) is 4.39 Å². The zero-order chi connectivity index (χ0) is 15.4. The number of hydrogen-bond acceptors (Lipinski definition) is 1. The van der Waals surface area contributed by atoms with E-state index >= 15 is 0 Å². The molecule has 1 atom stereocenters. The molecule has 2 nitrogen and oxygen atoms in total. The van der Waals surface area contributed by atoms with Crippen molar-refractivity contribution in [3.63, 3.8) is 0 Å². The minimum atomic E-state index is -0.239. The molecule has 1 heterocycles. The topological polar surface area (TPSA) is 30.9 Å². The summed E-state index contributed by atoms with van der Waals surface area (Å²) in [4.78, 5) is 0. The van der Waals surface area contributed by atoms with E-state index in [4.69, 9.17) is 5.73 Å². The van der Waals surface area contributed by atoms with Crippen molar-refractivity contribution in [1.82, 2.24) is 4.57 Å². The molecule has 3 rings (SSSR count). The van der Waals surface area contributed by atoms with Gasteiger partial charge in [-0.15, -0.1) is 0 Å². The van der Waals surface area contributed by atoms with Gasteiger partial charge in [0.15, 0.2) is 0 Å². The number of hydrogen-bond donors (Lipinski definition) is 1. The Kier molecular flexibility index (Phi) is 3.49. The molecule has 0 radical (unpaired) electrons. The molecule has 1 aliphatic carbocycles. The van der Waals surface area contributed by atoms with Crippen LogP contribution >= 0.6 is 15.9 Å². The first-order valence-electron chi connectivity index (χ1n) is 7.20. The number of benzene rings is 1. The molecule has 1 aromatic heterocycles. The van der Waals surface area contributed by atoms with Crippen molar-refractivity contribution in [3.8, 4) is 5.69 Å². The highest BCUT2D eigenvalue weighted by atomic mass is 79.9. The molecule has 2 N–H and O–H groups in total. The smallest absolute Gasteiger partial charge is 0.139 e. The molecule has 21 heavy (non-hydrogen) atoms. The highest BCUT2D eigenvalue weighted by molar-refractivity contribution is 9.10. The molecule has 112 valence electrons. The number of aromatic nitrogens is 1. The van der Waals surface area contributed by atoms with Crippen LogP contribution in [0, 0.1) is 18.2 Å². The van der Waals surface area contributed by atoms with Crippen LogP contribution in [0.15, 0.2) is 28.9 Å². The van der Waals surface area contributed by atoms with Crippen LogP contribution in [0.1, 0.15) is 43.1 Å². The fourth-order valence-corrected chi connectivity index (χ4v) is 3.81. The summed E-state index contributed by atoms with van der Waals surface area (Å²) in [6.07, 6.45) is 3.96. The van der Waals surface area contributed by atoms with Gasteiger partial charge in [0, 0.05) is 17.9 Å². The van der Waals surface area contributed by atoms with Crippen molar-refractivity contribution in [2.75, 3.05) is 0 Å². The van der Waals surface area contributed by atoms with Gasteiger partial charge in [0.1, 0.15) is 5.82 Å². The molecule has 1 unspecified atom stereocenters. The van der Waals surface area contributed by atoms with Gasteiger partial charge in [-0.25, -0.2) is 4.39 Å². The zero-order valence-electron chi connectivity index (χ0n) is 12.6. The van der Waals surface area contributed by atoms with Crippen LogP contribution in [0.25, 0.3) is 5.69 Å². The standard InChI is InChI=1S/C17H20BrFN2/c1-10-6-12(18)13(19)7-15(10)21-5-4-11-14(20)8-17(2,3)9-16(11)21/h4-7,14H,8-9,20H2,1-3H3. The molecule has 1 aliphatic rings. The molecule has 0 amide bonds. The molecule has 0 spiro atoms. The van der Waals surface area contributed by atoms with E-state index in [-0.39, 0.29) is 17.3 Å². The third-order valence-corrected chi connectivity index (χ3v) is 4.95. The summed E-state index contributed by atoms with van der Waals surface area (Å²) in [5.41, 5.74) is 10.8. The second-order valence-corrected chi connectivity index (χ2v) is 7.65. The fraction of sp³-hybridized carbons (Fsp3) is 0.412. The Hall–Kier alpha value is -1.13. The van der Waals surface area contributed by atoms with Crippen LogP contribution < -0.4 is 5.73 Å². The normalized spacial score (nSPS) is 20.4. The number of halogens is 2. The zero-order valence-corrected chi connectivity index (χ0v) is 14.2. The first kappa shape index (κ1) is 14.8. The largest absolute Gasteiger partial charge is 0.324 e. The van der Waals surface area contributed by atoms with Gasteiger partial charge in [-0.1, -0.05) is 13.8 Å². The second kappa shape index (κ2) is 4.96. The monoisotopic (exact) mass is 350 g/mol. The van der Waals surface area contributed by atoms with Crippen molar-refractivity contribution in [3.05, 3.63) is 51.5 Å². The van der Waals surface area contributed by atoms with Crippen LogP contribution in [-0.4, -0.2) is 4.57 Å². The van der Waals surface area contributed by atoms with Gasteiger partial charge in [0.05, 0.1) is 10.2 Å². The summed E-state index contributed by atoms with van der Waals surface area (Å²) in [5.74, 6) is -0.239. The summed E-state index contributed by atoms with van der Waals surface area (Å²) in [5, 5.41) is 0. The lowest BCUT2D eigenvalue weighted by atomic mass is 9.74. The van der Waals surface area contributed by atoms with Gasteiger partial charge in [-0.3, -0.25) is 0 Å². The van der Waals surface area contributed by atoms with Crippen molar-refractivity contribution in [2.45, 2.75) is 39.7 Å². The highest BCUT2D eigenvalue weighted by Crippen LogP contribution is 2.41. The maximum Gasteiger partial charge on any atom is 0.139 e. The predicted octanol–water partition coefficient (Wildman–Crippen LogP) is 4.66. The summed E-state index contributed by atoms with van der Waals surface area (Å²) >= 11 is 3.24.